The van der Waals surface area contributed by atoms with Gasteiger partial charge in [-0.3, -0.25) is 4.79 Å². The van der Waals surface area contributed by atoms with E-state index in [1.54, 1.807) is 0 Å². The second-order valence-corrected chi connectivity index (χ2v) is 12.2. The molecule has 0 aromatic rings. The van der Waals surface area contributed by atoms with Gasteiger partial charge in [0.05, 0.1) is 54.7 Å². The van der Waals surface area contributed by atoms with Gasteiger partial charge in [0, 0.05) is 6.61 Å². The van der Waals surface area contributed by atoms with Gasteiger partial charge >= 0.3 is 5.97 Å². The van der Waals surface area contributed by atoms with Crippen molar-refractivity contribution < 1.29 is 33.6 Å². The molecule has 1 N–H and O–H groups in total. The molecule has 196 valence electrons. The normalized spacial score (nSPS) is 38.4. The Bertz CT molecular complexity index is 684. The number of esters is 1. The largest absolute Gasteiger partial charge is 0.459 e. The van der Waals surface area contributed by atoms with Crippen LogP contribution >= 0.6 is 0 Å². The number of aliphatic hydroxyl groups is 1. The molecule has 0 amide bonds. The van der Waals surface area contributed by atoms with E-state index < -0.39 is 11.5 Å². The molecule has 0 bridgehead atoms. The zero-order chi connectivity index (χ0) is 24.5. The lowest BCUT2D eigenvalue weighted by Gasteiger charge is -2.41. The van der Waals surface area contributed by atoms with Crippen LogP contribution in [0.25, 0.3) is 0 Å². The Hall–Kier alpha value is -0.730. The molecule has 0 aromatic heterocycles. The van der Waals surface area contributed by atoms with Crippen LogP contribution < -0.4 is 0 Å². The fourth-order valence-corrected chi connectivity index (χ4v) is 5.75. The molecule has 2 heterocycles. The van der Waals surface area contributed by atoms with Crippen molar-refractivity contribution in [1.82, 2.24) is 0 Å². The van der Waals surface area contributed by atoms with Crippen LogP contribution in [-0.2, 0) is 28.5 Å². The van der Waals surface area contributed by atoms with E-state index in [9.17, 15) is 9.90 Å². The minimum Gasteiger partial charge on any atom is -0.459 e. The van der Waals surface area contributed by atoms with Gasteiger partial charge in [0.25, 0.3) is 0 Å². The Balaban J connectivity index is 1.35. The number of rotatable bonds is 11. The molecule has 7 heteroatoms. The SMILES string of the molecule is CCOC(C)(C)CCC(C)(C)C(=O)OC1CC(C2CO2)CCC1OC1CCC(C2CO2)CC1O. The molecule has 0 aromatic carbocycles. The number of carbonyl (C=O) groups is 1. The number of hydrogen-bond donors (Lipinski definition) is 1. The molecule has 7 nitrogen and oxygen atoms in total. The molecule has 4 aliphatic rings. The van der Waals surface area contributed by atoms with Crippen molar-refractivity contribution in [3.05, 3.63) is 0 Å². The van der Waals surface area contributed by atoms with Crippen LogP contribution in [0.2, 0.25) is 0 Å². The third kappa shape index (κ3) is 6.94. The van der Waals surface area contributed by atoms with E-state index >= 15 is 0 Å². The molecule has 34 heavy (non-hydrogen) atoms. The summed E-state index contributed by atoms with van der Waals surface area (Å²) in [6.45, 7) is 12.3. The quantitative estimate of drug-likeness (QED) is 0.351. The van der Waals surface area contributed by atoms with Crippen LogP contribution in [0.1, 0.15) is 86.0 Å². The van der Waals surface area contributed by atoms with Crippen molar-refractivity contribution in [2.24, 2.45) is 17.3 Å². The lowest BCUT2D eigenvalue weighted by atomic mass is 9.81. The fourth-order valence-electron chi connectivity index (χ4n) is 5.75. The minimum atomic E-state index is -0.607. The number of aliphatic hydroxyl groups excluding tert-OH is 1. The highest BCUT2D eigenvalue weighted by Gasteiger charge is 2.46. The molecule has 8 atom stereocenters. The van der Waals surface area contributed by atoms with Gasteiger partial charge in [0.15, 0.2) is 0 Å². The standard InChI is InChI=1S/C27H46O7/c1-6-32-27(4,5)12-11-26(2,3)25(29)34-22-14-18(24-16-31-24)8-10-21(22)33-20-9-7-17(13-19(20)28)23-15-30-23/h17-24,28H,6-16H2,1-5H3. The molecule has 2 aliphatic carbocycles. The first-order valence-corrected chi connectivity index (χ1v) is 13.5. The van der Waals surface area contributed by atoms with Gasteiger partial charge in [-0.05, 0) is 97.8 Å². The third-order valence-electron chi connectivity index (χ3n) is 8.38. The summed E-state index contributed by atoms with van der Waals surface area (Å²) >= 11 is 0. The summed E-state index contributed by atoms with van der Waals surface area (Å²) < 4.78 is 29.5. The number of carbonyl (C=O) groups excluding carboxylic acids is 1. The molecule has 4 fully saturated rings. The predicted molar refractivity (Wildman–Crippen MR) is 127 cm³/mol. The first kappa shape index (κ1) is 26.3. The van der Waals surface area contributed by atoms with Crippen LogP contribution in [0.15, 0.2) is 0 Å². The van der Waals surface area contributed by atoms with Gasteiger partial charge < -0.3 is 28.8 Å². The molecule has 4 rings (SSSR count). The van der Waals surface area contributed by atoms with Crippen LogP contribution in [0.3, 0.4) is 0 Å². The van der Waals surface area contributed by atoms with Gasteiger partial charge in [-0.2, -0.15) is 0 Å². The van der Waals surface area contributed by atoms with Gasteiger partial charge in [-0.1, -0.05) is 0 Å². The fraction of sp³-hybridized carbons (Fsp3) is 0.963. The van der Waals surface area contributed by atoms with Gasteiger partial charge in [0.1, 0.15) is 6.10 Å². The lowest BCUT2D eigenvalue weighted by molar-refractivity contribution is -0.187. The van der Waals surface area contributed by atoms with Gasteiger partial charge in [-0.25, -0.2) is 0 Å². The molecule has 2 saturated heterocycles. The van der Waals surface area contributed by atoms with E-state index in [-0.39, 0.29) is 29.9 Å². The van der Waals surface area contributed by atoms with Crippen molar-refractivity contribution in [2.45, 2.75) is 128 Å². The zero-order valence-electron chi connectivity index (χ0n) is 21.8. The van der Waals surface area contributed by atoms with Gasteiger partial charge in [-0.15, -0.1) is 0 Å². The Morgan fingerprint density at radius 2 is 1.47 bits per heavy atom. The molecule has 0 spiro atoms. The number of epoxide rings is 2. The summed E-state index contributed by atoms with van der Waals surface area (Å²) in [5.41, 5.74) is -0.874. The predicted octanol–water partition coefficient (Wildman–Crippen LogP) is 4.03. The highest BCUT2D eigenvalue weighted by molar-refractivity contribution is 5.76. The van der Waals surface area contributed by atoms with E-state index in [1.165, 1.54) is 0 Å². The molecular weight excluding hydrogens is 436 g/mol. The average molecular weight is 483 g/mol. The summed E-state index contributed by atoms with van der Waals surface area (Å²) in [5, 5.41) is 10.8. The summed E-state index contributed by atoms with van der Waals surface area (Å²) in [7, 11) is 0. The highest BCUT2D eigenvalue weighted by atomic mass is 16.6. The molecule has 2 aliphatic heterocycles. The topological polar surface area (TPSA) is 90.1 Å². The smallest absolute Gasteiger partial charge is 0.311 e. The second-order valence-electron chi connectivity index (χ2n) is 12.2. The van der Waals surface area contributed by atoms with E-state index in [2.05, 4.69) is 13.8 Å². The van der Waals surface area contributed by atoms with Gasteiger partial charge in [0.2, 0.25) is 0 Å². The van der Waals surface area contributed by atoms with E-state index in [1.807, 2.05) is 20.8 Å². The third-order valence-corrected chi connectivity index (χ3v) is 8.38. The molecular formula is C27H46O7. The summed E-state index contributed by atoms with van der Waals surface area (Å²) in [6, 6.07) is 0. The van der Waals surface area contributed by atoms with Crippen LogP contribution in [-0.4, -0.2) is 73.1 Å². The average Bonchev–Trinajstić information content (AvgIpc) is 3.68. The number of hydrogen-bond acceptors (Lipinski definition) is 7. The maximum Gasteiger partial charge on any atom is 0.311 e. The van der Waals surface area contributed by atoms with E-state index in [0.717, 1.165) is 58.2 Å². The second kappa shape index (κ2) is 10.7. The molecule has 8 unspecified atom stereocenters. The summed E-state index contributed by atoms with van der Waals surface area (Å²) in [4.78, 5) is 13.3. The maximum atomic E-state index is 13.3. The van der Waals surface area contributed by atoms with E-state index in [0.29, 0.717) is 37.1 Å². The lowest BCUT2D eigenvalue weighted by Crippen LogP contribution is -2.47. The minimum absolute atomic E-state index is 0.175. The maximum absolute atomic E-state index is 13.3. The van der Waals surface area contributed by atoms with Crippen molar-refractivity contribution >= 4 is 5.97 Å². The summed E-state index contributed by atoms with van der Waals surface area (Å²) in [6.07, 6.45) is 6.12. The zero-order valence-corrected chi connectivity index (χ0v) is 21.8. The molecule has 2 saturated carbocycles. The van der Waals surface area contributed by atoms with Crippen molar-refractivity contribution in [1.29, 1.82) is 0 Å². The highest BCUT2D eigenvalue weighted by Crippen LogP contribution is 2.40. The van der Waals surface area contributed by atoms with Crippen molar-refractivity contribution in [3.8, 4) is 0 Å². The Morgan fingerprint density at radius 1 is 0.882 bits per heavy atom. The first-order chi connectivity index (χ1) is 16.1. The Kier molecular flexibility index (Phi) is 8.30. The molecule has 0 radical (unpaired) electrons. The van der Waals surface area contributed by atoms with Crippen LogP contribution in [0.4, 0.5) is 0 Å². The van der Waals surface area contributed by atoms with Crippen LogP contribution in [0.5, 0.6) is 0 Å². The van der Waals surface area contributed by atoms with Crippen molar-refractivity contribution in [2.75, 3.05) is 19.8 Å². The Morgan fingerprint density at radius 3 is 2.03 bits per heavy atom. The summed E-state index contributed by atoms with van der Waals surface area (Å²) in [5.74, 6) is 0.671. The van der Waals surface area contributed by atoms with Crippen molar-refractivity contribution in [3.63, 3.8) is 0 Å². The van der Waals surface area contributed by atoms with E-state index in [4.69, 9.17) is 23.7 Å². The monoisotopic (exact) mass is 482 g/mol. The number of ether oxygens (including phenoxy) is 5. The Labute approximate surface area is 205 Å². The first-order valence-electron chi connectivity index (χ1n) is 13.5. The van der Waals surface area contributed by atoms with Crippen LogP contribution in [0, 0.1) is 17.3 Å².